The number of nitrogens with two attached hydrogens (primary N) is 2. The number of aliphatic hydroxyl groups excluding tert-OH is 2. The van der Waals surface area contributed by atoms with Gasteiger partial charge >= 0.3 is 0 Å². The number of fused-ring (bicyclic) bond motifs is 2. The minimum absolute atomic E-state index is 0.423. The normalized spacial score (nSPS) is 20.7. The van der Waals surface area contributed by atoms with Gasteiger partial charge in [-0.1, -0.05) is 41.6 Å². The molecule has 6 N–H and O–H groups in total. The first kappa shape index (κ1) is 21.1. The van der Waals surface area contributed by atoms with Crippen molar-refractivity contribution in [2.45, 2.75) is 55.5 Å². The van der Waals surface area contributed by atoms with E-state index in [0.29, 0.717) is 12.4 Å². The van der Waals surface area contributed by atoms with Gasteiger partial charge in [-0.05, 0) is 56.2 Å². The number of aromatic nitrogens is 1. The van der Waals surface area contributed by atoms with Crippen LogP contribution >= 0.6 is 11.8 Å². The Morgan fingerprint density at radius 3 is 2.63 bits per heavy atom. The number of nitrogens with zero attached hydrogens (tertiary/aromatic N) is 2. The van der Waals surface area contributed by atoms with Crippen molar-refractivity contribution in [3.63, 3.8) is 0 Å². The molecule has 1 aliphatic rings. The molecule has 3 unspecified atom stereocenters. The summed E-state index contributed by atoms with van der Waals surface area (Å²) in [5, 5.41) is 22.4. The van der Waals surface area contributed by atoms with E-state index in [1.54, 1.807) is 4.90 Å². The van der Waals surface area contributed by atoms with E-state index < -0.39 is 23.2 Å². The maximum Gasteiger partial charge on any atom is 0.164 e. The van der Waals surface area contributed by atoms with Crippen molar-refractivity contribution in [3.05, 3.63) is 65.2 Å². The summed E-state index contributed by atoms with van der Waals surface area (Å²) >= 11 is 1.25. The average Bonchev–Trinajstić information content (AvgIpc) is 2.82. The maximum absolute atomic E-state index is 10.9. The molecular formula is C23H28N4O2S. The summed E-state index contributed by atoms with van der Waals surface area (Å²) in [7, 11) is 0. The lowest BCUT2D eigenvalue weighted by Gasteiger charge is -2.32. The van der Waals surface area contributed by atoms with Crippen LogP contribution in [-0.2, 0) is 6.54 Å². The Kier molecular flexibility index (Phi) is 5.50. The monoisotopic (exact) mass is 424 g/mol. The molecule has 1 aromatic heterocycles. The van der Waals surface area contributed by atoms with Crippen molar-refractivity contribution in [2.24, 2.45) is 11.5 Å². The number of hydrogen-bond donors (Lipinski definition) is 4. The highest BCUT2D eigenvalue weighted by molar-refractivity contribution is 7.99. The molecule has 0 bridgehead atoms. The van der Waals surface area contributed by atoms with Gasteiger partial charge in [0.05, 0.1) is 5.52 Å². The van der Waals surface area contributed by atoms with Gasteiger partial charge in [-0.2, -0.15) is 0 Å². The fourth-order valence-electron chi connectivity index (χ4n) is 3.74. The van der Waals surface area contributed by atoms with Crippen LogP contribution in [-0.4, -0.2) is 32.4 Å². The smallest absolute Gasteiger partial charge is 0.164 e. The lowest BCUT2D eigenvalue weighted by molar-refractivity contribution is 0.0699. The topological polar surface area (TPSA) is 109 Å². The van der Waals surface area contributed by atoms with Gasteiger partial charge < -0.3 is 26.6 Å². The molecule has 3 aromatic rings. The van der Waals surface area contributed by atoms with Crippen LogP contribution in [0.4, 0.5) is 5.82 Å². The third kappa shape index (κ3) is 3.91. The highest BCUT2D eigenvalue weighted by Crippen LogP contribution is 2.37. The van der Waals surface area contributed by atoms with E-state index in [0.717, 1.165) is 32.5 Å². The van der Waals surface area contributed by atoms with Gasteiger partial charge in [0.1, 0.15) is 11.3 Å². The Labute approximate surface area is 180 Å². The van der Waals surface area contributed by atoms with E-state index in [2.05, 4.69) is 6.07 Å². The fourth-order valence-corrected chi connectivity index (χ4v) is 4.71. The molecule has 0 spiro atoms. The molecule has 2 aromatic carbocycles. The molecule has 158 valence electrons. The van der Waals surface area contributed by atoms with Gasteiger partial charge in [0.25, 0.3) is 0 Å². The SMILES string of the molecule is Cc1ccc2nc(N3Cc4ccccc4SC(O)C3O)cc(C(N)C(C)(C)N)c2c1. The molecule has 2 heterocycles. The molecule has 3 atom stereocenters. The highest BCUT2D eigenvalue weighted by Gasteiger charge is 2.32. The summed E-state index contributed by atoms with van der Waals surface area (Å²) in [6.07, 6.45) is -1.12. The Hall–Kier alpha value is -2.16. The fraction of sp³-hybridized carbons (Fsp3) is 0.348. The second-order valence-electron chi connectivity index (χ2n) is 8.55. The lowest BCUT2D eigenvalue weighted by atomic mass is 9.88. The Bertz CT molecular complexity index is 1080. The van der Waals surface area contributed by atoms with Crippen molar-refractivity contribution in [3.8, 4) is 0 Å². The predicted molar refractivity (Wildman–Crippen MR) is 122 cm³/mol. The minimum Gasteiger partial charge on any atom is -0.377 e. The Morgan fingerprint density at radius 2 is 1.90 bits per heavy atom. The van der Waals surface area contributed by atoms with Gasteiger partial charge in [-0.3, -0.25) is 0 Å². The van der Waals surface area contributed by atoms with Gasteiger partial charge in [0.15, 0.2) is 6.23 Å². The number of rotatable bonds is 3. The van der Waals surface area contributed by atoms with Crippen molar-refractivity contribution in [1.29, 1.82) is 0 Å². The molecule has 0 aliphatic carbocycles. The van der Waals surface area contributed by atoms with E-state index in [9.17, 15) is 10.2 Å². The number of aliphatic hydroxyl groups is 2. The number of aryl methyl sites for hydroxylation is 1. The quantitative estimate of drug-likeness (QED) is 0.512. The molecule has 1 aliphatic heterocycles. The van der Waals surface area contributed by atoms with Gasteiger partial charge in [0, 0.05) is 28.4 Å². The number of thioether (sulfide) groups is 1. The Balaban J connectivity index is 1.89. The zero-order chi connectivity index (χ0) is 21.6. The average molecular weight is 425 g/mol. The van der Waals surface area contributed by atoms with Gasteiger partial charge in [-0.15, -0.1) is 0 Å². The van der Waals surface area contributed by atoms with Crippen LogP contribution in [0.3, 0.4) is 0 Å². The number of pyridine rings is 1. The molecule has 4 rings (SSSR count). The van der Waals surface area contributed by atoms with Gasteiger partial charge in [-0.25, -0.2) is 4.98 Å². The van der Waals surface area contributed by atoms with Crippen LogP contribution in [0.5, 0.6) is 0 Å². The van der Waals surface area contributed by atoms with E-state index in [1.807, 2.05) is 63.2 Å². The van der Waals surface area contributed by atoms with E-state index >= 15 is 0 Å². The molecule has 0 saturated carbocycles. The molecule has 0 radical (unpaired) electrons. The molecule has 30 heavy (non-hydrogen) atoms. The summed E-state index contributed by atoms with van der Waals surface area (Å²) in [6, 6.07) is 15.3. The second-order valence-corrected chi connectivity index (χ2v) is 9.71. The first-order chi connectivity index (χ1) is 14.1. The van der Waals surface area contributed by atoms with Crippen LogP contribution in [0.2, 0.25) is 0 Å². The van der Waals surface area contributed by atoms with Crippen LogP contribution in [0.1, 0.15) is 36.6 Å². The van der Waals surface area contributed by atoms with Crippen molar-refractivity contribution in [2.75, 3.05) is 4.90 Å². The van der Waals surface area contributed by atoms with Crippen LogP contribution in [0.25, 0.3) is 10.9 Å². The summed E-state index contributed by atoms with van der Waals surface area (Å²) in [6.45, 7) is 6.25. The molecule has 7 heteroatoms. The molecule has 6 nitrogen and oxygen atoms in total. The minimum atomic E-state index is -1.12. The van der Waals surface area contributed by atoms with Crippen LogP contribution in [0.15, 0.2) is 53.4 Å². The van der Waals surface area contributed by atoms with E-state index in [4.69, 9.17) is 16.5 Å². The number of hydrogen-bond acceptors (Lipinski definition) is 7. The molecule has 0 amide bonds. The molecule has 0 saturated heterocycles. The second kappa shape index (κ2) is 7.83. The summed E-state index contributed by atoms with van der Waals surface area (Å²) in [5.41, 5.74) is 15.1. The Morgan fingerprint density at radius 1 is 1.17 bits per heavy atom. The summed E-state index contributed by atoms with van der Waals surface area (Å²) < 4.78 is 0. The largest absolute Gasteiger partial charge is 0.377 e. The first-order valence-electron chi connectivity index (χ1n) is 9.98. The first-order valence-corrected chi connectivity index (χ1v) is 10.9. The number of anilines is 1. The van der Waals surface area contributed by atoms with Crippen LogP contribution < -0.4 is 16.4 Å². The predicted octanol–water partition coefficient (Wildman–Crippen LogP) is 3.03. The third-order valence-corrected chi connectivity index (χ3v) is 6.69. The zero-order valence-corrected chi connectivity index (χ0v) is 18.2. The molecular weight excluding hydrogens is 396 g/mol. The van der Waals surface area contributed by atoms with Crippen molar-refractivity contribution >= 4 is 28.5 Å². The lowest BCUT2D eigenvalue weighted by Crippen LogP contribution is -2.44. The summed E-state index contributed by atoms with van der Waals surface area (Å²) in [4.78, 5) is 7.49. The van der Waals surface area contributed by atoms with E-state index in [1.165, 1.54) is 11.8 Å². The van der Waals surface area contributed by atoms with Crippen molar-refractivity contribution in [1.82, 2.24) is 4.98 Å². The standard InChI is InChI=1S/C23H28N4O2S/c1-13-8-9-17-15(10-13)16(20(24)23(2,3)25)11-19(26-17)27-12-14-6-4-5-7-18(14)30-22(29)21(27)28/h4-11,20-22,28-29H,12,24-25H2,1-3H3. The van der Waals surface area contributed by atoms with Crippen LogP contribution in [0, 0.1) is 6.92 Å². The van der Waals surface area contributed by atoms with E-state index in [-0.39, 0.29) is 0 Å². The highest BCUT2D eigenvalue weighted by atomic mass is 32.2. The van der Waals surface area contributed by atoms with Crippen molar-refractivity contribution < 1.29 is 10.2 Å². The van der Waals surface area contributed by atoms with Gasteiger partial charge in [0.2, 0.25) is 0 Å². The number of benzene rings is 2. The third-order valence-electron chi connectivity index (χ3n) is 5.55. The summed E-state index contributed by atoms with van der Waals surface area (Å²) in [5.74, 6) is 0.560. The maximum atomic E-state index is 10.9. The zero-order valence-electron chi connectivity index (χ0n) is 17.4. The molecule has 0 fully saturated rings.